The van der Waals surface area contributed by atoms with E-state index >= 15 is 0 Å². The lowest BCUT2D eigenvalue weighted by molar-refractivity contribution is -0.384. The van der Waals surface area contributed by atoms with Crippen molar-refractivity contribution in [1.82, 2.24) is 0 Å². The Morgan fingerprint density at radius 2 is 2.27 bits per heavy atom. The van der Waals surface area contributed by atoms with Gasteiger partial charge in [-0.25, -0.2) is 0 Å². The molecule has 2 rings (SSSR count). The molecule has 0 unspecified atom stereocenters. The summed E-state index contributed by atoms with van der Waals surface area (Å²) in [7, 11) is 0. The number of hydrogen-bond acceptors (Lipinski definition) is 3. The number of fused-ring (bicyclic) bond motifs is 1. The minimum atomic E-state index is -0.359. The third-order valence-electron chi connectivity index (χ3n) is 2.53. The van der Waals surface area contributed by atoms with Gasteiger partial charge in [0.25, 0.3) is 5.69 Å². The second-order valence-electron chi connectivity index (χ2n) is 3.71. The van der Waals surface area contributed by atoms with Crippen LogP contribution in [-0.2, 0) is 6.42 Å². The van der Waals surface area contributed by atoms with E-state index in [9.17, 15) is 10.1 Å². The maximum atomic E-state index is 10.6. The van der Waals surface area contributed by atoms with Gasteiger partial charge in [-0.2, -0.15) is 0 Å². The highest BCUT2D eigenvalue weighted by Crippen LogP contribution is 2.25. The number of nitro groups is 1. The average Bonchev–Trinajstić information content (AvgIpc) is 2.40. The molecule has 4 heteroatoms. The van der Waals surface area contributed by atoms with E-state index in [0.717, 1.165) is 24.2 Å². The lowest BCUT2D eigenvalue weighted by Gasteiger charge is -2.06. The molecule has 0 atom stereocenters. The Kier molecular flexibility index (Phi) is 2.41. The van der Waals surface area contributed by atoms with Crippen molar-refractivity contribution >= 4 is 11.4 Å². The zero-order valence-corrected chi connectivity index (χ0v) is 8.49. The first-order valence-corrected chi connectivity index (χ1v) is 4.83. The average molecular weight is 204 g/mol. The van der Waals surface area contributed by atoms with E-state index in [1.807, 2.05) is 6.92 Å². The Labute approximate surface area is 87.8 Å². The molecule has 4 nitrogen and oxygen atoms in total. The van der Waals surface area contributed by atoms with Gasteiger partial charge in [0.2, 0.25) is 0 Å². The van der Waals surface area contributed by atoms with Crippen LogP contribution in [0, 0.1) is 10.1 Å². The zero-order chi connectivity index (χ0) is 10.8. The molecule has 0 saturated heterocycles. The second kappa shape index (κ2) is 3.73. The van der Waals surface area contributed by atoms with Crippen molar-refractivity contribution in [2.45, 2.75) is 13.3 Å². The summed E-state index contributed by atoms with van der Waals surface area (Å²) >= 11 is 0. The zero-order valence-electron chi connectivity index (χ0n) is 8.49. The summed E-state index contributed by atoms with van der Waals surface area (Å²) in [6.45, 7) is 2.86. The van der Waals surface area contributed by atoms with E-state index in [1.165, 1.54) is 11.6 Å². The normalized spacial score (nSPS) is 14.6. The quantitative estimate of drug-likeness (QED) is 0.434. The molecule has 1 heterocycles. The Hall–Kier alpha value is -1.84. The smallest absolute Gasteiger partial charge is 0.269 e. The second-order valence-corrected chi connectivity index (χ2v) is 3.71. The number of non-ortho nitro benzene ring substituents is 1. The number of hydrogen-bond donors (Lipinski definition) is 1. The monoisotopic (exact) mass is 204 g/mol. The van der Waals surface area contributed by atoms with Crippen LogP contribution in [0.5, 0.6) is 0 Å². The molecule has 0 fully saturated rings. The molecule has 1 aliphatic rings. The SMILES string of the molecule is CC1=CCc2cc([N+](=O)[O-])ccc2NC1. The van der Waals surface area contributed by atoms with Crippen molar-refractivity contribution in [3.05, 3.63) is 45.5 Å². The molecular formula is C11H12N2O2. The topological polar surface area (TPSA) is 55.2 Å². The van der Waals surface area contributed by atoms with E-state index in [0.29, 0.717) is 0 Å². The summed E-state index contributed by atoms with van der Waals surface area (Å²) in [6, 6.07) is 4.95. The van der Waals surface area contributed by atoms with E-state index in [-0.39, 0.29) is 10.6 Å². The summed E-state index contributed by atoms with van der Waals surface area (Å²) in [5, 5.41) is 13.9. The van der Waals surface area contributed by atoms with Gasteiger partial charge in [-0.3, -0.25) is 10.1 Å². The Balaban J connectivity index is 2.39. The molecule has 1 aromatic rings. The highest BCUT2D eigenvalue weighted by Gasteiger charge is 2.11. The fourth-order valence-electron chi connectivity index (χ4n) is 1.63. The molecule has 15 heavy (non-hydrogen) atoms. The predicted molar refractivity (Wildman–Crippen MR) is 59.0 cm³/mol. The van der Waals surface area contributed by atoms with E-state index in [1.54, 1.807) is 12.1 Å². The van der Waals surface area contributed by atoms with Crippen molar-refractivity contribution in [3.8, 4) is 0 Å². The summed E-state index contributed by atoms with van der Waals surface area (Å²) in [5.41, 5.74) is 3.40. The van der Waals surface area contributed by atoms with Gasteiger partial charge in [0.1, 0.15) is 0 Å². The van der Waals surface area contributed by atoms with Crippen molar-refractivity contribution in [2.24, 2.45) is 0 Å². The van der Waals surface area contributed by atoms with Crippen LogP contribution in [0.2, 0.25) is 0 Å². The van der Waals surface area contributed by atoms with Crippen LogP contribution in [0.15, 0.2) is 29.8 Å². The van der Waals surface area contributed by atoms with Gasteiger partial charge in [0, 0.05) is 24.4 Å². The molecule has 78 valence electrons. The highest BCUT2D eigenvalue weighted by atomic mass is 16.6. The van der Waals surface area contributed by atoms with E-state index < -0.39 is 0 Å². The summed E-state index contributed by atoms with van der Waals surface area (Å²) < 4.78 is 0. The number of allylic oxidation sites excluding steroid dienone is 1. The van der Waals surface area contributed by atoms with E-state index in [4.69, 9.17) is 0 Å². The largest absolute Gasteiger partial charge is 0.381 e. The van der Waals surface area contributed by atoms with Gasteiger partial charge in [-0.15, -0.1) is 0 Å². The maximum absolute atomic E-state index is 10.6. The molecule has 0 aliphatic carbocycles. The minimum absolute atomic E-state index is 0.156. The number of nitrogens with one attached hydrogen (secondary N) is 1. The third-order valence-corrected chi connectivity index (χ3v) is 2.53. The fraction of sp³-hybridized carbons (Fsp3) is 0.273. The molecule has 0 aromatic heterocycles. The Morgan fingerprint density at radius 3 is 3.00 bits per heavy atom. The molecule has 0 saturated carbocycles. The standard InChI is InChI=1S/C11H12N2O2/c1-8-2-3-9-6-10(13(14)15)4-5-11(9)12-7-8/h2,4-6,12H,3,7H2,1H3. The number of benzene rings is 1. The summed E-state index contributed by atoms with van der Waals surface area (Å²) in [6.07, 6.45) is 2.86. The van der Waals surface area contributed by atoms with Crippen LogP contribution < -0.4 is 5.32 Å². The molecule has 1 aliphatic heterocycles. The maximum Gasteiger partial charge on any atom is 0.269 e. The van der Waals surface area contributed by atoms with Gasteiger partial charge < -0.3 is 5.32 Å². The first kappa shape index (κ1) is 9.71. The van der Waals surface area contributed by atoms with Crippen LogP contribution >= 0.6 is 0 Å². The third kappa shape index (κ3) is 1.98. The van der Waals surface area contributed by atoms with Crippen LogP contribution in [0.25, 0.3) is 0 Å². The molecular weight excluding hydrogens is 192 g/mol. The lowest BCUT2D eigenvalue weighted by Crippen LogP contribution is -2.02. The molecule has 0 bridgehead atoms. The minimum Gasteiger partial charge on any atom is -0.381 e. The summed E-state index contributed by atoms with van der Waals surface area (Å²) in [4.78, 5) is 10.2. The molecule has 1 N–H and O–H groups in total. The molecule has 0 radical (unpaired) electrons. The highest BCUT2D eigenvalue weighted by molar-refractivity contribution is 5.58. The Bertz CT molecular complexity index is 438. The van der Waals surface area contributed by atoms with Gasteiger partial charge in [0.05, 0.1) is 4.92 Å². The Morgan fingerprint density at radius 1 is 1.47 bits per heavy atom. The predicted octanol–water partition coefficient (Wildman–Crippen LogP) is 2.51. The van der Waals surface area contributed by atoms with Crippen LogP contribution in [0.1, 0.15) is 12.5 Å². The van der Waals surface area contributed by atoms with Crippen LogP contribution in [0.3, 0.4) is 0 Å². The molecule has 0 spiro atoms. The molecule has 0 amide bonds. The fourth-order valence-corrected chi connectivity index (χ4v) is 1.63. The number of anilines is 1. The van der Waals surface area contributed by atoms with Gasteiger partial charge in [0.15, 0.2) is 0 Å². The first-order chi connectivity index (χ1) is 7.16. The number of nitrogens with zero attached hydrogens (tertiary/aromatic N) is 1. The van der Waals surface area contributed by atoms with Crippen molar-refractivity contribution < 1.29 is 4.92 Å². The van der Waals surface area contributed by atoms with Crippen molar-refractivity contribution in [2.75, 3.05) is 11.9 Å². The van der Waals surface area contributed by atoms with Crippen LogP contribution in [0.4, 0.5) is 11.4 Å². The van der Waals surface area contributed by atoms with Crippen LogP contribution in [-0.4, -0.2) is 11.5 Å². The van der Waals surface area contributed by atoms with Gasteiger partial charge in [-0.1, -0.05) is 11.6 Å². The number of rotatable bonds is 1. The van der Waals surface area contributed by atoms with Gasteiger partial charge in [-0.05, 0) is 25.0 Å². The molecule has 1 aromatic carbocycles. The van der Waals surface area contributed by atoms with Crippen molar-refractivity contribution in [1.29, 1.82) is 0 Å². The summed E-state index contributed by atoms with van der Waals surface area (Å²) in [5.74, 6) is 0. The van der Waals surface area contributed by atoms with E-state index in [2.05, 4.69) is 11.4 Å². The number of nitro benzene ring substituents is 1. The first-order valence-electron chi connectivity index (χ1n) is 4.83. The van der Waals surface area contributed by atoms with Gasteiger partial charge >= 0.3 is 0 Å². The van der Waals surface area contributed by atoms with Crippen molar-refractivity contribution in [3.63, 3.8) is 0 Å². The lowest BCUT2D eigenvalue weighted by atomic mass is 10.1.